The number of nitrogens with two attached hydrogens (primary N) is 2. The molecule has 4 rings (SSSR count). The molecule has 0 fully saturated rings. The third-order valence-corrected chi connectivity index (χ3v) is 4.49. The van der Waals surface area contributed by atoms with E-state index in [0.717, 1.165) is 34.1 Å². The van der Waals surface area contributed by atoms with E-state index in [0.29, 0.717) is 5.69 Å². The lowest BCUT2D eigenvalue weighted by Gasteiger charge is -2.11. The van der Waals surface area contributed by atoms with Crippen molar-refractivity contribution in [3.63, 3.8) is 0 Å². The van der Waals surface area contributed by atoms with Crippen molar-refractivity contribution in [1.82, 2.24) is 20.0 Å². The molecule has 0 unspecified atom stereocenters. The number of aromatic amines is 1. The van der Waals surface area contributed by atoms with Gasteiger partial charge in [0.25, 0.3) is 5.91 Å². The fraction of sp³-hybridized carbons (Fsp3) is 0.105. The fourth-order valence-electron chi connectivity index (χ4n) is 3.23. The van der Waals surface area contributed by atoms with Crippen LogP contribution in [-0.2, 0) is 6.42 Å². The summed E-state index contributed by atoms with van der Waals surface area (Å²) in [4.78, 5) is 12.1. The average molecular weight is 346 g/mol. The van der Waals surface area contributed by atoms with Crippen LogP contribution in [0.5, 0.6) is 0 Å². The van der Waals surface area contributed by atoms with E-state index in [4.69, 9.17) is 11.5 Å². The number of nitrogens with zero attached hydrogens (tertiary/aromatic N) is 3. The summed E-state index contributed by atoms with van der Waals surface area (Å²) < 4.78 is 1.60. The number of primary amides is 1. The number of H-pyrrole nitrogens is 1. The smallest absolute Gasteiger partial charge is 0.254 e. The average Bonchev–Trinajstić information content (AvgIpc) is 3.26. The number of anilines is 1. The molecule has 5 N–H and O–H groups in total. The number of aromatic nitrogens is 4. The molecule has 7 nitrogen and oxygen atoms in total. The first-order valence-corrected chi connectivity index (χ1v) is 8.30. The fourth-order valence-corrected chi connectivity index (χ4v) is 3.23. The first-order valence-electron chi connectivity index (χ1n) is 8.30. The Morgan fingerprint density at radius 3 is 2.65 bits per heavy atom. The van der Waals surface area contributed by atoms with Crippen molar-refractivity contribution in [3.8, 4) is 16.9 Å². The third-order valence-electron chi connectivity index (χ3n) is 4.49. The van der Waals surface area contributed by atoms with Crippen LogP contribution in [-0.4, -0.2) is 25.9 Å². The highest BCUT2D eigenvalue weighted by atomic mass is 16.1. The van der Waals surface area contributed by atoms with Gasteiger partial charge in [-0.1, -0.05) is 43.3 Å². The SMILES string of the molecule is CCc1ccc2[nH]ncc2c1-n1nc(-c2ccccc2)c(C(N)=O)c1N. The summed E-state index contributed by atoms with van der Waals surface area (Å²) in [5.41, 5.74) is 16.1. The van der Waals surface area contributed by atoms with Gasteiger partial charge in [-0.3, -0.25) is 9.89 Å². The molecular formula is C19H18N6O. The first kappa shape index (κ1) is 15.9. The van der Waals surface area contributed by atoms with E-state index in [1.807, 2.05) is 42.5 Å². The van der Waals surface area contributed by atoms with Crippen molar-refractivity contribution in [1.29, 1.82) is 0 Å². The quantitative estimate of drug-likeness (QED) is 0.527. The molecule has 0 aliphatic rings. The van der Waals surface area contributed by atoms with Gasteiger partial charge in [0.05, 0.1) is 17.4 Å². The van der Waals surface area contributed by atoms with Crippen molar-refractivity contribution in [2.45, 2.75) is 13.3 Å². The molecule has 0 bridgehead atoms. The molecule has 0 aliphatic heterocycles. The number of carbonyl (C=O) groups excluding carboxylic acids is 1. The molecule has 130 valence electrons. The predicted octanol–water partition coefficient (Wildman–Crippen LogP) is 2.66. The Bertz CT molecular complexity index is 1110. The van der Waals surface area contributed by atoms with Gasteiger partial charge in [-0.05, 0) is 18.1 Å². The summed E-state index contributed by atoms with van der Waals surface area (Å²) in [6.07, 6.45) is 2.51. The highest BCUT2D eigenvalue weighted by molar-refractivity contribution is 6.04. The summed E-state index contributed by atoms with van der Waals surface area (Å²) in [7, 11) is 0. The zero-order valence-corrected chi connectivity index (χ0v) is 14.2. The number of benzene rings is 2. The Morgan fingerprint density at radius 2 is 1.96 bits per heavy atom. The Labute approximate surface area is 149 Å². The van der Waals surface area contributed by atoms with Gasteiger partial charge in [-0.25, -0.2) is 4.68 Å². The van der Waals surface area contributed by atoms with Crippen LogP contribution >= 0.6 is 0 Å². The van der Waals surface area contributed by atoms with Gasteiger partial charge >= 0.3 is 0 Å². The molecule has 4 aromatic rings. The molecular weight excluding hydrogens is 328 g/mol. The van der Waals surface area contributed by atoms with Gasteiger partial charge in [0.2, 0.25) is 0 Å². The van der Waals surface area contributed by atoms with Crippen LogP contribution in [0.2, 0.25) is 0 Å². The van der Waals surface area contributed by atoms with E-state index < -0.39 is 5.91 Å². The molecule has 0 saturated heterocycles. The summed E-state index contributed by atoms with van der Waals surface area (Å²) >= 11 is 0. The molecule has 2 aromatic carbocycles. The standard InChI is InChI=1S/C19H18N6O/c1-2-11-8-9-14-13(10-22-23-14)17(11)25-18(20)15(19(21)26)16(24-25)12-6-4-3-5-7-12/h3-10H,2,20H2,1H3,(H2,21,26)(H,22,23). The molecule has 26 heavy (non-hydrogen) atoms. The van der Waals surface area contributed by atoms with Gasteiger partial charge in [0.15, 0.2) is 0 Å². The van der Waals surface area contributed by atoms with E-state index in [-0.39, 0.29) is 11.4 Å². The molecule has 2 heterocycles. The monoisotopic (exact) mass is 346 g/mol. The van der Waals surface area contributed by atoms with E-state index >= 15 is 0 Å². The maximum absolute atomic E-state index is 12.1. The van der Waals surface area contributed by atoms with Crippen LogP contribution < -0.4 is 11.5 Å². The number of nitrogens with one attached hydrogen (secondary N) is 1. The van der Waals surface area contributed by atoms with Gasteiger partial charge in [-0.15, -0.1) is 0 Å². The summed E-state index contributed by atoms with van der Waals surface area (Å²) in [6, 6.07) is 13.4. The number of amides is 1. The van der Waals surface area contributed by atoms with Gasteiger partial charge in [0, 0.05) is 10.9 Å². The topological polar surface area (TPSA) is 116 Å². The van der Waals surface area contributed by atoms with E-state index in [1.54, 1.807) is 10.9 Å². The first-order chi connectivity index (χ1) is 12.6. The highest BCUT2D eigenvalue weighted by Gasteiger charge is 2.24. The minimum Gasteiger partial charge on any atom is -0.383 e. The van der Waals surface area contributed by atoms with E-state index in [2.05, 4.69) is 22.2 Å². The Morgan fingerprint density at radius 1 is 1.19 bits per heavy atom. The van der Waals surface area contributed by atoms with Crippen molar-refractivity contribution < 1.29 is 4.79 Å². The molecule has 0 spiro atoms. The zero-order valence-electron chi connectivity index (χ0n) is 14.2. The Kier molecular flexibility index (Phi) is 3.69. The lowest BCUT2D eigenvalue weighted by atomic mass is 10.1. The minimum absolute atomic E-state index is 0.221. The molecule has 2 aromatic heterocycles. The summed E-state index contributed by atoms with van der Waals surface area (Å²) in [5.74, 6) is -0.384. The second-order valence-corrected chi connectivity index (χ2v) is 6.01. The maximum atomic E-state index is 12.1. The van der Waals surface area contributed by atoms with Crippen molar-refractivity contribution in [3.05, 3.63) is 59.8 Å². The second-order valence-electron chi connectivity index (χ2n) is 6.01. The number of carbonyl (C=O) groups is 1. The van der Waals surface area contributed by atoms with Crippen LogP contribution in [0, 0.1) is 0 Å². The molecule has 0 aliphatic carbocycles. The molecule has 0 atom stereocenters. The number of hydrogen-bond acceptors (Lipinski definition) is 4. The normalized spacial score (nSPS) is 11.1. The van der Waals surface area contributed by atoms with Gasteiger partial charge in [-0.2, -0.15) is 10.2 Å². The number of hydrogen-bond donors (Lipinski definition) is 3. The maximum Gasteiger partial charge on any atom is 0.254 e. The van der Waals surface area contributed by atoms with Crippen molar-refractivity contribution >= 4 is 22.6 Å². The van der Waals surface area contributed by atoms with Gasteiger partial charge < -0.3 is 11.5 Å². The predicted molar refractivity (Wildman–Crippen MR) is 101 cm³/mol. The molecule has 0 radical (unpaired) electrons. The minimum atomic E-state index is -0.606. The number of aryl methyl sites for hydroxylation is 1. The van der Waals surface area contributed by atoms with Crippen molar-refractivity contribution in [2.75, 3.05) is 5.73 Å². The lowest BCUT2D eigenvalue weighted by Crippen LogP contribution is -2.14. The van der Waals surface area contributed by atoms with E-state index in [9.17, 15) is 4.79 Å². The van der Waals surface area contributed by atoms with Gasteiger partial charge in [0.1, 0.15) is 17.1 Å². The Balaban J connectivity index is 2.06. The zero-order chi connectivity index (χ0) is 18.3. The van der Waals surface area contributed by atoms with Crippen LogP contribution in [0.4, 0.5) is 5.82 Å². The number of rotatable bonds is 4. The van der Waals surface area contributed by atoms with Crippen LogP contribution in [0.25, 0.3) is 27.8 Å². The summed E-state index contributed by atoms with van der Waals surface area (Å²) in [6.45, 7) is 2.05. The van der Waals surface area contributed by atoms with Crippen molar-refractivity contribution in [2.24, 2.45) is 5.73 Å². The largest absolute Gasteiger partial charge is 0.383 e. The molecule has 1 amide bonds. The van der Waals surface area contributed by atoms with E-state index in [1.165, 1.54) is 0 Å². The molecule has 0 saturated carbocycles. The van der Waals surface area contributed by atoms with Crippen LogP contribution in [0.3, 0.4) is 0 Å². The second kappa shape index (κ2) is 6.03. The summed E-state index contributed by atoms with van der Waals surface area (Å²) in [5, 5.41) is 12.6. The molecule has 7 heteroatoms. The van der Waals surface area contributed by atoms with Crippen LogP contribution in [0.15, 0.2) is 48.7 Å². The third kappa shape index (κ3) is 2.33. The van der Waals surface area contributed by atoms with Crippen LogP contribution in [0.1, 0.15) is 22.8 Å². The Hall–Kier alpha value is -3.61. The lowest BCUT2D eigenvalue weighted by molar-refractivity contribution is 0.100. The number of nitrogen functional groups attached to an aromatic ring is 1. The highest BCUT2D eigenvalue weighted by Crippen LogP contribution is 2.33. The number of fused-ring (bicyclic) bond motifs is 1.